The molecule has 1 aromatic carbocycles. The summed E-state index contributed by atoms with van der Waals surface area (Å²) in [5, 5.41) is 3.38. The highest BCUT2D eigenvalue weighted by atomic mass is 19.3. The summed E-state index contributed by atoms with van der Waals surface area (Å²) >= 11 is 0. The van der Waals surface area contributed by atoms with Gasteiger partial charge in [-0.15, -0.1) is 8.78 Å². The van der Waals surface area contributed by atoms with E-state index in [2.05, 4.69) is 33.7 Å². The maximum Gasteiger partial charge on any atom is 0.586 e. The minimum atomic E-state index is -3.55. The van der Waals surface area contributed by atoms with E-state index in [1.54, 1.807) is 12.1 Å². The van der Waals surface area contributed by atoms with Crippen molar-refractivity contribution in [3.8, 4) is 11.5 Å². The molecule has 0 amide bonds. The number of piperidine rings is 1. The molecule has 4 nitrogen and oxygen atoms in total. The van der Waals surface area contributed by atoms with E-state index >= 15 is 0 Å². The number of ether oxygens (including phenoxy) is 2. The fraction of sp³-hybridized carbons (Fsp3) is 0.571. The molecule has 3 rings (SSSR count). The Hall–Kier alpha value is -1.56. The van der Waals surface area contributed by atoms with Gasteiger partial charge in [0.2, 0.25) is 0 Å². The van der Waals surface area contributed by atoms with Crippen molar-refractivity contribution in [1.29, 1.82) is 0 Å². The Morgan fingerprint density at radius 3 is 2.80 bits per heavy atom. The molecule has 0 bridgehead atoms. The Labute approximate surface area is 116 Å². The van der Waals surface area contributed by atoms with Crippen LogP contribution in [0.2, 0.25) is 0 Å². The largest absolute Gasteiger partial charge is 0.586 e. The molecule has 0 saturated carbocycles. The van der Waals surface area contributed by atoms with E-state index in [0.717, 1.165) is 25.1 Å². The molecule has 20 heavy (non-hydrogen) atoms. The van der Waals surface area contributed by atoms with Crippen LogP contribution in [0.1, 0.15) is 19.8 Å². The normalized spacial score (nSPS) is 28.4. The number of hydrogen-bond donors (Lipinski definition) is 1. The summed E-state index contributed by atoms with van der Waals surface area (Å²) in [6.45, 7) is 3.22. The molecule has 1 N–H and O–H groups in total. The zero-order valence-electron chi connectivity index (χ0n) is 11.5. The Morgan fingerprint density at radius 2 is 2.05 bits per heavy atom. The second kappa shape index (κ2) is 4.77. The van der Waals surface area contributed by atoms with E-state index in [-0.39, 0.29) is 11.5 Å². The first-order valence-electron chi connectivity index (χ1n) is 6.79. The first-order chi connectivity index (χ1) is 9.43. The van der Waals surface area contributed by atoms with E-state index in [1.807, 2.05) is 0 Å². The van der Waals surface area contributed by atoms with Crippen LogP contribution in [0.4, 0.5) is 14.5 Å². The van der Waals surface area contributed by atoms with Gasteiger partial charge in [0.15, 0.2) is 11.5 Å². The van der Waals surface area contributed by atoms with Crippen molar-refractivity contribution in [3.63, 3.8) is 0 Å². The first-order valence-corrected chi connectivity index (χ1v) is 6.79. The third-order valence-electron chi connectivity index (χ3n) is 3.98. The van der Waals surface area contributed by atoms with Gasteiger partial charge in [-0.3, -0.25) is 0 Å². The van der Waals surface area contributed by atoms with Gasteiger partial charge in [-0.25, -0.2) is 0 Å². The summed E-state index contributed by atoms with van der Waals surface area (Å²) in [4.78, 5) is 2.32. The van der Waals surface area contributed by atoms with E-state index in [4.69, 9.17) is 0 Å². The number of halogens is 2. The summed E-state index contributed by atoms with van der Waals surface area (Å²) in [5.41, 5.74) is 0.784. The van der Waals surface area contributed by atoms with E-state index in [0.29, 0.717) is 12.1 Å². The molecule has 0 aromatic heterocycles. The van der Waals surface area contributed by atoms with Gasteiger partial charge >= 0.3 is 6.29 Å². The number of nitrogens with zero attached hydrogens (tertiary/aromatic N) is 1. The number of anilines is 1. The fourth-order valence-electron chi connectivity index (χ4n) is 2.69. The molecule has 1 aromatic rings. The summed E-state index contributed by atoms with van der Waals surface area (Å²) in [7, 11) is 2.11. The van der Waals surface area contributed by atoms with Crippen molar-refractivity contribution >= 4 is 5.69 Å². The van der Waals surface area contributed by atoms with Crippen LogP contribution in [-0.4, -0.2) is 36.9 Å². The molecular formula is C14H18F2N2O2. The molecular weight excluding hydrogens is 266 g/mol. The SMILES string of the molecule is CC1CC(Nc2ccc3c(c2)OC(F)(F)O3)CCN1C. The maximum absolute atomic E-state index is 13.0. The minimum Gasteiger partial charge on any atom is -0.395 e. The smallest absolute Gasteiger partial charge is 0.395 e. The lowest BCUT2D eigenvalue weighted by molar-refractivity contribution is -0.286. The van der Waals surface area contributed by atoms with Gasteiger partial charge in [0.25, 0.3) is 0 Å². The molecule has 1 fully saturated rings. The summed E-state index contributed by atoms with van der Waals surface area (Å²) in [6, 6.07) is 5.68. The number of nitrogens with one attached hydrogen (secondary N) is 1. The molecule has 2 aliphatic heterocycles. The topological polar surface area (TPSA) is 33.7 Å². The van der Waals surface area contributed by atoms with Crippen molar-refractivity contribution in [1.82, 2.24) is 4.90 Å². The zero-order chi connectivity index (χ0) is 14.3. The van der Waals surface area contributed by atoms with Gasteiger partial charge in [-0.05, 0) is 38.9 Å². The average Bonchev–Trinajstić information content (AvgIpc) is 2.67. The minimum absolute atomic E-state index is 0.0808. The van der Waals surface area contributed by atoms with Gasteiger partial charge < -0.3 is 19.7 Å². The fourth-order valence-corrected chi connectivity index (χ4v) is 2.69. The van der Waals surface area contributed by atoms with E-state index in [1.165, 1.54) is 6.07 Å². The molecule has 6 heteroatoms. The number of likely N-dealkylation sites (tertiary alicyclic amines) is 1. The van der Waals surface area contributed by atoms with Gasteiger partial charge in [-0.2, -0.15) is 0 Å². The lowest BCUT2D eigenvalue weighted by atomic mass is 9.98. The van der Waals surface area contributed by atoms with Crippen LogP contribution in [0.25, 0.3) is 0 Å². The standard InChI is InChI=1S/C14H18F2N2O2/c1-9-7-11(5-6-18(9)2)17-10-3-4-12-13(8-10)20-14(15,16)19-12/h3-4,8-9,11,17H,5-7H2,1-2H3. The summed E-state index contributed by atoms with van der Waals surface area (Å²) < 4.78 is 34.7. The monoisotopic (exact) mass is 284 g/mol. The molecule has 2 heterocycles. The highest BCUT2D eigenvalue weighted by Crippen LogP contribution is 2.42. The van der Waals surface area contributed by atoms with Crippen LogP contribution in [0.5, 0.6) is 11.5 Å². The van der Waals surface area contributed by atoms with Crippen LogP contribution in [-0.2, 0) is 0 Å². The number of fused-ring (bicyclic) bond motifs is 1. The predicted molar refractivity (Wildman–Crippen MR) is 71.4 cm³/mol. The molecule has 2 unspecified atom stereocenters. The summed E-state index contributed by atoms with van der Waals surface area (Å²) in [6.07, 6.45) is -1.49. The van der Waals surface area contributed by atoms with Crippen LogP contribution < -0.4 is 14.8 Å². The molecule has 2 aliphatic rings. The second-order valence-corrected chi connectivity index (χ2v) is 5.52. The number of alkyl halides is 2. The molecule has 0 radical (unpaired) electrons. The van der Waals surface area contributed by atoms with E-state index < -0.39 is 6.29 Å². The molecule has 0 spiro atoms. The molecule has 2 atom stereocenters. The Kier molecular flexibility index (Phi) is 3.20. The zero-order valence-corrected chi connectivity index (χ0v) is 11.5. The Morgan fingerprint density at radius 1 is 1.30 bits per heavy atom. The van der Waals surface area contributed by atoms with Crippen LogP contribution in [0, 0.1) is 0 Å². The van der Waals surface area contributed by atoms with Gasteiger partial charge in [-0.1, -0.05) is 0 Å². The Bertz CT molecular complexity index is 510. The predicted octanol–water partition coefficient (Wildman–Crippen LogP) is 2.90. The first kappa shape index (κ1) is 13.4. The van der Waals surface area contributed by atoms with Crippen LogP contribution in [0.15, 0.2) is 18.2 Å². The van der Waals surface area contributed by atoms with Crippen molar-refractivity contribution in [2.75, 3.05) is 18.9 Å². The third-order valence-corrected chi connectivity index (χ3v) is 3.98. The quantitative estimate of drug-likeness (QED) is 0.905. The van der Waals surface area contributed by atoms with Crippen LogP contribution in [0.3, 0.4) is 0 Å². The van der Waals surface area contributed by atoms with Crippen molar-refractivity contribution in [2.45, 2.75) is 38.1 Å². The molecule has 1 saturated heterocycles. The van der Waals surface area contributed by atoms with E-state index in [9.17, 15) is 8.78 Å². The van der Waals surface area contributed by atoms with Gasteiger partial charge in [0.05, 0.1) is 0 Å². The van der Waals surface area contributed by atoms with Gasteiger partial charge in [0, 0.05) is 30.4 Å². The molecule has 110 valence electrons. The third kappa shape index (κ3) is 2.65. The van der Waals surface area contributed by atoms with Crippen molar-refractivity contribution in [3.05, 3.63) is 18.2 Å². The lowest BCUT2D eigenvalue weighted by Gasteiger charge is -2.35. The number of hydrogen-bond acceptors (Lipinski definition) is 4. The maximum atomic E-state index is 13.0. The Balaban J connectivity index is 1.68. The van der Waals surface area contributed by atoms with Crippen LogP contribution >= 0.6 is 0 Å². The van der Waals surface area contributed by atoms with Gasteiger partial charge in [0.1, 0.15) is 0 Å². The van der Waals surface area contributed by atoms with Crippen molar-refractivity contribution in [2.24, 2.45) is 0 Å². The molecule has 0 aliphatic carbocycles. The lowest BCUT2D eigenvalue weighted by Crippen LogP contribution is -2.42. The average molecular weight is 284 g/mol. The highest BCUT2D eigenvalue weighted by molar-refractivity contribution is 5.56. The van der Waals surface area contributed by atoms with Crippen molar-refractivity contribution < 1.29 is 18.3 Å². The number of benzene rings is 1. The summed E-state index contributed by atoms with van der Waals surface area (Å²) in [5.74, 6) is 0.165. The second-order valence-electron chi connectivity index (χ2n) is 5.52. The number of rotatable bonds is 2. The highest BCUT2D eigenvalue weighted by Gasteiger charge is 2.43.